The minimum atomic E-state index is -0.125. The number of aromatic nitrogens is 1. The van der Waals surface area contributed by atoms with Crippen molar-refractivity contribution in [2.45, 2.75) is 20.3 Å². The number of thiazole rings is 1. The molecule has 0 aliphatic carbocycles. The average Bonchev–Trinajstić information content (AvgIpc) is 3.14. The Morgan fingerprint density at radius 3 is 2.37 bits per heavy atom. The Morgan fingerprint density at radius 2 is 1.67 bits per heavy atom. The number of hydrogen-bond donors (Lipinski definition) is 1. The van der Waals surface area contributed by atoms with Crippen LogP contribution in [0.1, 0.15) is 18.1 Å². The van der Waals surface area contributed by atoms with Gasteiger partial charge >= 0.3 is 0 Å². The van der Waals surface area contributed by atoms with Gasteiger partial charge in [-0.2, -0.15) is 0 Å². The molecule has 0 radical (unpaired) electrons. The fraction of sp³-hybridized carbons (Fsp3) is 0.125. The van der Waals surface area contributed by atoms with Crippen LogP contribution in [-0.4, -0.2) is 16.8 Å². The molecular formula is C24H21N3O2S. The highest BCUT2D eigenvalue weighted by Gasteiger charge is 2.23. The van der Waals surface area contributed by atoms with Crippen LogP contribution in [0.25, 0.3) is 10.2 Å². The molecule has 3 aromatic carbocycles. The molecule has 0 spiro atoms. The van der Waals surface area contributed by atoms with Crippen molar-refractivity contribution in [3.05, 3.63) is 83.9 Å². The first-order valence-corrected chi connectivity index (χ1v) is 10.4. The molecule has 0 saturated carbocycles. The van der Waals surface area contributed by atoms with Gasteiger partial charge in [0.1, 0.15) is 0 Å². The first-order valence-electron chi connectivity index (χ1n) is 9.62. The summed E-state index contributed by atoms with van der Waals surface area (Å²) in [6.45, 7) is 3.46. The van der Waals surface area contributed by atoms with Crippen molar-refractivity contribution in [1.29, 1.82) is 0 Å². The molecule has 150 valence electrons. The Kier molecular flexibility index (Phi) is 5.59. The molecule has 5 nitrogen and oxygen atoms in total. The lowest BCUT2D eigenvalue weighted by Gasteiger charge is -2.22. The van der Waals surface area contributed by atoms with Crippen molar-refractivity contribution in [2.75, 3.05) is 10.2 Å². The lowest BCUT2D eigenvalue weighted by atomic mass is 10.1. The number of carbonyl (C=O) groups is 2. The molecule has 1 aromatic heterocycles. The molecule has 1 heterocycles. The van der Waals surface area contributed by atoms with Crippen LogP contribution in [0.5, 0.6) is 0 Å². The molecule has 0 bridgehead atoms. The van der Waals surface area contributed by atoms with Gasteiger partial charge in [0, 0.05) is 12.6 Å². The predicted molar refractivity (Wildman–Crippen MR) is 122 cm³/mol. The quantitative estimate of drug-likeness (QED) is 0.470. The van der Waals surface area contributed by atoms with Gasteiger partial charge < -0.3 is 5.32 Å². The van der Waals surface area contributed by atoms with E-state index in [4.69, 9.17) is 4.98 Å². The van der Waals surface area contributed by atoms with E-state index in [1.807, 2.05) is 67.6 Å². The Bertz CT molecular complexity index is 1180. The van der Waals surface area contributed by atoms with E-state index in [0.717, 1.165) is 27.0 Å². The molecule has 6 heteroatoms. The van der Waals surface area contributed by atoms with Crippen molar-refractivity contribution in [1.82, 2.24) is 4.98 Å². The van der Waals surface area contributed by atoms with Gasteiger partial charge in [0.2, 0.25) is 11.8 Å². The van der Waals surface area contributed by atoms with E-state index in [0.29, 0.717) is 10.8 Å². The second kappa shape index (κ2) is 8.47. The van der Waals surface area contributed by atoms with E-state index in [-0.39, 0.29) is 18.2 Å². The summed E-state index contributed by atoms with van der Waals surface area (Å²) in [5.41, 5.74) is 4.29. The summed E-state index contributed by atoms with van der Waals surface area (Å²) in [6, 6.07) is 23.0. The number of hydrogen-bond acceptors (Lipinski definition) is 4. The largest absolute Gasteiger partial charge is 0.326 e. The normalized spacial score (nSPS) is 10.7. The number of nitrogens with zero attached hydrogens (tertiary/aromatic N) is 2. The number of nitrogens with one attached hydrogen (secondary N) is 1. The predicted octanol–water partition coefficient (Wildman–Crippen LogP) is 5.47. The van der Waals surface area contributed by atoms with Crippen LogP contribution in [0, 0.1) is 6.92 Å². The topological polar surface area (TPSA) is 62.3 Å². The summed E-state index contributed by atoms with van der Waals surface area (Å²) in [6.07, 6.45) is 0.227. The minimum Gasteiger partial charge on any atom is -0.326 e. The first kappa shape index (κ1) is 19.8. The van der Waals surface area contributed by atoms with Gasteiger partial charge in [-0.25, -0.2) is 4.98 Å². The summed E-state index contributed by atoms with van der Waals surface area (Å²) in [5, 5.41) is 3.40. The maximum atomic E-state index is 13.4. The fourth-order valence-electron chi connectivity index (χ4n) is 3.28. The molecule has 4 aromatic rings. The zero-order valence-electron chi connectivity index (χ0n) is 16.8. The summed E-state index contributed by atoms with van der Waals surface area (Å²) < 4.78 is 1.04. The molecule has 0 atom stereocenters. The smallest absolute Gasteiger partial charge is 0.237 e. The highest BCUT2D eigenvalue weighted by atomic mass is 32.1. The number of fused-ring (bicyclic) bond motifs is 1. The minimum absolute atomic E-state index is 0.0596. The van der Waals surface area contributed by atoms with E-state index in [9.17, 15) is 9.59 Å². The van der Waals surface area contributed by atoms with E-state index in [1.165, 1.54) is 18.3 Å². The summed E-state index contributed by atoms with van der Waals surface area (Å²) >= 11 is 1.50. The van der Waals surface area contributed by atoms with E-state index >= 15 is 0 Å². The summed E-state index contributed by atoms with van der Waals surface area (Å²) in [7, 11) is 0. The van der Waals surface area contributed by atoms with E-state index in [1.54, 1.807) is 17.0 Å². The first-order chi connectivity index (χ1) is 14.5. The van der Waals surface area contributed by atoms with Crippen LogP contribution in [0.2, 0.25) is 0 Å². The second-order valence-corrected chi connectivity index (χ2v) is 8.04. The molecule has 0 aliphatic heterocycles. The fourth-order valence-corrected chi connectivity index (χ4v) is 4.27. The Hall–Kier alpha value is -3.51. The molecule has 1 N–H and O–H groups in total. The van der Waals surface area contributed by atoms with Crippen LogP contribution >= 0.6 is 11.3 Å². The maximum absolute atomic E-state index is 13.4. The highest BCUT2D eigenvalue weighted by molar-refractivity contribution is 7.22. The number of para-hydroxylation sites is 2. The average molecular weight is 416 g/mol. The van der Waals surface area contributed by atoms with Gasteiger partial charge in [0.05, 0.1) is 22.3 Å². The molecule has 0 saturated heterocycles. The van der Waals surface area contributed by atoms with Crippen LogP contribution < -0.4 is 10.2 Å². The Morgan fingerprint density at radius 1 is 0.967 bits per heavy atom. The number of amides is 2. The maximum Gasteiger partial charge on any atom is 0.237 e. The molecule has 0 fully saturated rings. The van der Waals surface area contributed by atoms with Crippen molar-refractivity contribution in [3.8, 4) is 0 Å². The van der Waals surface area contributed by atoms with Crippen molar-refractivity contribution >= 4 is 49.9 Å². The van der Waals surface area contributed by atoms with Crippen molar-refractivity contribution in [2.24, 2.45) is 0 Å². The van der Waals surface area contributed by atoms with Gasteiger partial charge in [-0.1, -0.05) is 53.8 Å². The third kappa shape index (κ3) is 4.23. The molecule has 2 amide bonds. The molecule has 30 heavy (non-hydrogen) atoms. The van der Waals surface area contributed by atoms with Crippen molar-refractivity contribution in [3.63, 3.8) is 0 Å². The lowest BCUT2D eigenvalue weighted by molar-refractivity contribution is -0.117. The number of anilines is 3. The Balaban J connectivity index is 1.68. The van der Waals surface area contributed by atoms with Crippen LogP contribution in [-0.2, 0) is 16.0 Å². The van der Waals surface area contributed by atoms with E-state index in [2.05, 4.69) is 5.32 Å². The van der Waals surface area contributed by atoms with Gasteiger partial charge in [-0.05, 0) is 48.4 Å². The molecule has 4 rings (SSSR count). The molecule has 0 unspecified atom stereocenters. The summed E-state index contributed by atoms with van der Waals surface area (Å²) in [4.78, 5) is 31.1. The third-order valence-corrected chi connectivity index (χ3v) is 5.73. The monoisotopic (exact) mass is 415 g/mol. The standard InChI is InChI=1S/C24H21N3O2S/c1-16-7-3-5-9-21(16)27(24-26-20-8-4-6-10-22(20)30-24)23(29)15-18-11-13-19(14-12-18)25-17(2)28/h3-14H,15H2,1-2H3,(H,25,28). The second-order valence-electron chi connectivity index (χ2n) is 7.03. The highest BCUT2D eigenvalue weighted by Crippen LogP contribution is 2.35. The molecule has 0 aliphatic rings. The SMILES string of the molecule is CC(=O)Nc1ccc(CC(=O)N(c2nc3ccccc3s2)c2ccccc2C)cc1. The number of rotatable bonds is 5. The van der Waals surface area contributed by atoms with Gasteiger partial charge in [-0.15, -0.1) is 0 Å². The van der Waals surface area contributed by atoms with Crippen LogP contribution in [0.15, 0.2) is 72.8 Å². The van der Waals surface area contributed by atoms with Crippen molar-refractivity contribution < 1.29 is 9.59 Å². The molecular weight excluding hydrogens is 394 g/mol. The number of aryl methyl sites for hydroxylation is 1. The third-order valence-electron chi connectivity index (χ3n) is 4.71. The van der Waals surface area contributed by atoms with Crippen LogP contribution in [0.4, 0.5) is 16.5 Å². The number of carbonyl (C=O) groups excluding carboxylic acids is 2. The van der Waals surface area contributed by atoms with Gasteiger partial charge in [0.15, 0.2) is 5.13 Å². The number of benzene rings is 3. The zero-order valence-corrected chi connectivity index (χ0v) is 17.6. The Labute approximate surface area is 179 Å². The van der Waals surface area contributed by atoms with Crippen LogP contribution in [0.3, 0.4) is 0 Å². The lowest BCUT2D eigenvalue weighted by Crippen LogP contribution is -2.28. The summed E-state index contributed by atoms with van der Waals surface area (Å²) in [5.74, 6) is -0.184. The zero-order chi connectivity index (χ0) is 21.1. The van der Waals surface area contributed by atoms with Gasteiger partial charge in [-0.3, -0.25) is 14.5 Å². The van der Waals surface area contributed by atoms with Gasteiger partial charge in [0.25, 0.3) is 0 Å². The van der Waals surface area contributed by atoms with E-state index < -0.39 is 0 Å².